The first kappa shape index (κ1) is 13.6. The van der Waals surface area contributed by atoms with E-state index >= 15 is 0 Å². The Morgan fingerprint density at radius 1 is 1.44 bits per heavy atom. The number of anilines is 1. The number of likely N-dealkylation sites (tertiary alicyclic amines) is 1. The molecule has 0 radical (unpaired) electrons. The van der Waals surface area contributed by atoms with Crippen molar-refractivity contribution in [2.24, 2.45) is 0 Å². The van der Waals surface area contributed by atoms with Crippen LogP contribution in [0.1, 0.15) is 32.5 Å². The second-order valence-electron chi connectivity index (χ2n) is 4.65. The van der Waals surface area contributed by atoms with E-state index in [1.54, 1.807) is 6.07 Å². The third-order valence-electron chi connectivity index (χ3n) is 3.48. The Balaban J connectivity index is 1.95. The van der Waals surface area contributed by atoms with Gasteiger partial charge in [-0.15, -0.1) is 0 Å². The summed E-state index contributed by atoms with van der Waals surface area (Å²) in [4.78, 5) is 11.1. The first-order chi connectivity index (χ1) is 8.72. The number of rotatable bonds is 5. The highest BCUT2D eigenvalue weighted by Gasteiger charge is 2.22. The van der Waals surface area contributed by atoms with Crippen LogP contribution >= 0.6 is 11.6 Å². The zero-order valence-electron chi connectivity index (χ0n) is 11.1. The van der Waals surface area contributed by atoms with E-state index in [0.717, 1.165) is 31.2 Å². The predicted molar refractivity (Wildman–Crippen MR) is 75.2 cm³/mol. The lowest BCUT2D eigenvalue weighted by Gasteiger charge is -2.23. The largest absolute Gasteiger partial charge is 0.368 e. The maximum atomic E-state index is 5.98. The molecule has 2 heterocycles. The second kappa shape index (κ2) is 6.34. The number of hydrogen-bond donors (Lipinski definition) is 1. The van der Waals surface area contributed by atoms with E-state index in [4.69, 9.17) is 11.6 Å². The van der Waals surface area contributed by atoms with Gasteiger partial charge in [0.25, 0.3) is 0 Å². The molecule has 1 N–H and O–H groups in total. The van der Waals surface area contributed by atoms with Gasteiger partial charge < -0.3 is 5.32 Å². The van der Waals surface area contributed by atoms with Gasteiger partial charge >= 0.3 is 0 Å². The van der Waals surface area contributed by atoms with E-state index in [9.17, 15) is 0 Å². The topological polar surface area (TPSA) is 41.1 Å². The van der Waals surface area contributed by atoms with Crippen LogP contribution in [0.5, 0.6) is 0 Å². The number of nitrogens with one attached hydrogen (secondary N) is 1. The summed E-state index contributed by atoms with van der Waals surface area (Å²) in [5, 5.41) is 3.91. The molecular formula is C13H21ClN4. The van der Waals surface area contributed by atoms with Gasteiger partial charge in [0.05, 0.1) is 0 Å². The summed E-state index contributed by atoms with van der Waals surface area (Å²) in [5.74, 6) is 1.64. The molecule has 4 nitrogen and oxygen atoms in total. The fourth-order valence-electron chi connectivity index (χ4n) is 2.48. The van der Waals surface area contributed by atoms with Crippen LogP contribution < -0.4 is 5.32 Å². The maximum Gasteiger partial charge on any atom is 0.134 e. The Hall–Kier alpha value is -0.870. The maximum absolute atomic E-state index is 5.98. The molecule has 1 aromatic rings. The molecule has 5 heteroatoms. The molecule has 1 fully saturated rings. The lowest BCUT2D eigenvalue weighted by Crippen LogP contribution is -2.34. The molecule has 2 rings (SSSR count). The van der Waals surface area contributed by atoms with Crippen molar-refractivity contribution in [2.75, 3.05) is 25.0 Å². The fraction of sp³-hybridized carbons (Fsp3) is 0.692. The lowest BCUT2D eigenvalue weighted by atomic mass is 10.2. The first-order valence-electron chi connectivity index (χ1n) is 6.74. The van der Waals surface area contributed by atoms with Gasteiger partial charge in [-0.05, 0) is 25.9 Å². The lowest BCUT2D eigenvalue weighted by molar-refractivity contribution is 0.277. The number of aryl methyl sites for hydroxylation is 1. The minimum Gasteiger partial charge on any atom is -0.368 e. The molecule has 0 saturated carbocycles. The minimum atomic E-state index is 0.517. The Morgan fingerprint density at radius 2 is 2.28 bits per heavy atom. The van der Waals surface area contributed by atoms with Crippen molar-refractivity contribution in [1.82, 2.24) is 14.9 Å². The van der Waals surface area contributed by atoms with E-state index in [1.807, 2.05) is 6.92 Å². The Labute approximate surface area is 114 Å². The molecule has 0 amide bonds. The molecule has 0 bridgehead atoms. The van der Waals surface area contributed by atoms with Crippen LogP contribution in [-0.2, 0) is 6.42 Å². The van der Waals surface area contributed by atoms with Crippen molar-refractivity contribution in [3.8, 4) is 0 Å². The van der Waals surface area contributed by atoms with E-state index in [2.05, 4.69) is 27.1 Å². The highest BCUT2D eigenvalue weighted by molar-refractivity contribution is 6.29. The molecule has 1 aliphatic heterocycles. The number of halogens is 1. The van der Waals surface area contributed by atoms with Gasteiger partial charge in [0.15, 0.2) is 0 Å². The minimum absolute atomic E-state index is 0.517. The van der Waals surface area contributed by atoms with Crippen LogP contribution in [0.25, 0.3) is 0 Å². The monoisotopic (exact) mass is 268 g/mol. The van der Waals surface area contributed by atoms with Crippen molar-refractivity contribution in [2.45, 2.75) is 39.2 Å². The third kappa shape index (κ3) is 3.33. The molecular weight excluding hydrogens is 248 g/mol. The van der Waals surface area contributed by atoms with E-state index in [-0.39, 0.29) is 0 Å². The quantitative estimate of drug-likeness (QED) is 0.834. The van der Waals surface area contributed by atoms with Gasteiger partial charge in [-0.2, -0.15) is 0 Å². The number of likely N-dealkylation sites (N-methyl/N-ethyl adjacent to an activating group) is 1. The molecule has 18 heavy (non-hydrogen) atoms. The van der Waals surface area contributed by atoms with Gasteiger partial charge in [0.1, 0.15) is 16.8 Å². The number of aromatic nitrogens is 2. The smallest absolute Gasteiger partial charge is 0.134 e. The number of nitrogens with zero attached hydrogens (tertiary/aromatic N) is 3. The standard InChI is InChI=1S/C13H21ClN4/c1-3-12-16-11(14)8-13(17-12)15-9-10-6-5-7-18(10)4-2/h8,10H,3-7,9H2,1-2H3,(H,15,16,17). The van der Waals surface area contributed by atoms with Crippen LogP contribution in [0, 0.1) is 0 Å². The zero-order valence-corrected chi connectivity index (χ0v) is 11.9. The summed E-state index contributed by atoms with van der Waals surface area (Å²) in [6, 6.07) is 2.42. The summed E-state index contributed by atoms with van der Waals surface area (Å²) in [5.41, 5.74) is 0. The number of hydrogen-bond acceptors (Lipinski definition) is 4. The summed E-state index contributed by atoms with van der Waals surface area (Å²) in [6.45, 7) is 7.52. The molecule has 1 saturated heterocycles. The van der Waals surface area contributed by atoms with Crippen molar-refractivity contribution in [3.05, 3.63) is 17.0 Å². The van der Waals surface area contributed by atoms with Crippen LogP contribution in [0.15, 0.2) is 6.07 Å². The summed E-state index contributed by atoms with van der Waals surface area (Å²) >= 11 is 5.98. The van der Waals surface area contributed by atoms with E-state index < -0.39 is 0 Å². The van der Waals surface area contributed by atoms with Crippen molar-refractivity contribution in [1.29, 1.82) is 0 Å². The van der Waals surface area contributed by atoms with Gasteiger partial charge in [0.2, 0.25) is 0 Å². The predicted octanol–water partition coefficient (Wildman–Crippen LogP) is 2.59. The van der Waals surface area contributed by atoms with E-state index in [0.29, 0.717) is 11.2 Å². The van der Waals surface area contributed by atoms with Crippen molar-refractivity contribution in [3.63, 3.8) is 0 Å². The van der Waals surface area contributed by atoms with Crippen LogP contribution in [0.4, 0.5) is 5.82 Å². The van der Waals surface area contributed by atoms with E-state index in [1.165, 1.54) is 19.4 Å². The zero-order chi connectivity index (χ0) is 13.0. The van der Waals surface area contributed by atoms with Gasteiger partial charge in [-0.1, -0.05) is 25.4 Å². The molecule has 1 aromatic heterocycles. The van der Waals surface area contributed by atoms with Crippen molar-refractivity contribution >= 4 is 17.4 Å². The Bertz CT molecular complexity index is 397. The average molecular weight is 269 g/mol. The van der Waals surface area contributed by atoms with Gasteiger partial charge in [-0.25, -0.2) is 9.97 Å². The Kier molecular flexibility index (Phi) is 4.78. The molecule has 1 unspecified atom stereocenters. The summed E-state index contributed by atoms with van der Waals surface area (Å²) < 4.78 is 0. The van der Waals surface area contributed by atoms with Crippen LogP contribution in [0.2, 0.25) is 5.15 Å². The average Bonchev–Trinajstić information content (AvgIpc) is 2.83. The van der Waals surface area contributed by atoms with Gasteiger partial charge in [-0.3, -0.25) is 4.90 Å². The molecule has 0 aromatic carbocycles. The Morgan fingerprint density at radius 3 is 3.00 bits per heavy atom. The summed E-state index contributed by atoms with van der Waals surface area (Å²) in [6.07, 6.45) is 3.37. The van der Waals surface area contributed by atoms with Gasteiger partial charge in [0, 0.05) is 25.1 Å². The highest BCUT2D eigenvalue weighted by Crippen LogP contribution is 2.18. The normalized spacial score (nSPS) is 20.3. The molecule has 0 aliphatic carbocycles. The SMILES string of the molecule is CCc1nc(Cl)cc(NCC2CCCN2CC)n1. The van der Waals surface area contributed by atoms with Crippen LogP contribution in [-0.4, -0.2) is 40.5 Å². The molecule has 100 valence electrons. The second-order valence-corrected chi connectivity index (χ2v) is 5.04. The van der Waals surface area contributed by atoms with Crippen LogP contribution in [0.3, 0.4) is 0 Å². The first-order valence-corrected chi connectivity index (χ1v) is 7.12. The fourth-order valence-corrected chi connectivity index (χ4v) is 2.68. The van der Waals surface area contributed by atoms with Crippen molar-refractivity contribution < 1.29 is 0 Å². The molecule has 1 atom stereocenters. The summed E-state index contributed by atoms with van der Waals surface area (Å²) in [7, 11) is 0. The molecule has 1 aliphatic rings. The third-order valence-corrected chi connectivity index (χ3v) is 3.68. The molecule has 0 spiro atoms. The highest BCUT2D eigenvalue weighted by atomic mass is 35.5.